The second-order valence-corrected chi connectivity index (χ2v) is 8.52. The number of carbonyl (C=O) groups is 1. The molecule has 2 fully saturated rings. The molecular formula is C24H28N2O2. The van der Waals surface area contributed by atoms with E-state index >= 15 is 0 Å². The summed E-state index contributed by atoms with van der Waals surface area (Å²) in [4.78, 5) is 12.6. The Bertz CT molecular complexity index is 866. The van der Waals surface area contributed by atoms with E-state index in [1.54, 1.807) is 7.11 Å². The third kappa shape index (κ3) is 2.91. The van der Waals surface area contributed by atoms with E-state index in [-0.39, 0.29) is 5.91 Å². The van der Waals surface area contributed by atoms with Crippen molar-refractivity contribution in [2.24, 2.45) is 17.8 Å². The minimum absolute atomic E-state index is 0.00950. The van der Waals surface area contributed by atoms with Gasteiger partial charge in [-0.1, -0.05) is 30.3 Å². The van der Waals surface area contributed by atoms with Crippen LogP contribution in [0.25, 0.3) is 0 Å². The molecule has 0 aromatic heterocycles. The number of hydrogen-bond donors (Lipinski definition) is 2. The van der Waals surface area contributed by atoms with Gasteiger partial charge in [-0.2, -0.15) is 0 Å². The first-order valence-electron chi connectivity index (χ1n) is 10.5. The average Bonchev–Trinajstić information content (AvgIpc) is 3.36. The zero-order valence-electron chi connectivity index (χ0n) is 16.4. The third-order valence-electron chi connectivity index (χ3n) is 7.10. The van der Waals surface area contributed by atoms with E-state index in [4.69, 9.17) is 4.74 Å². The lowest BCUT2D eigenvalue weighted by molar-refractivity contribution is 0.0937. The lowest BCUT2D eigenvalue weighted by Crippen LogP contribution is -2.36. The van der Waals surface area contributed by atoms with Crippen molar-refractivity contribution in [3.8, 4) is 0 Å². The summed E-state index contributed by atoms with van der Waals surface area (Å²) in [5.41, 5.74) is 4.70. The van der Waals surface area contributed by atoms with Crippen LogP contribution in [-0.2, 0) is 4.74 Å². The maximum atomic E-state index is 12.6. The molecule has 2 bridgehead atoms. The van der Waals surface area contributed by atoms with E-state index in [9.17, 15) is 4.79 Å². The van der Waals surface area contributed by atoms with E-state index < -0.39 is 0 Å². The molecule has 5 atom stereocenters. The number of amides is 1. The van der Waals surface area contributed by atoms with E-state index in [1.807, 2.05) is 6.07 Å². The molecular weight excluding hydrogens is 348 g/mol. The Kier molecular flexibility index (Phi) is 4.59. The summed E-state index contributed by atoms with van der Waals surface area (Å²) in [5, 5.41) is 6.79. The van der Waals surface area contributed by atoms with Gasteiger partial charge >= 0.3 is 0 Å². The third-order valence-corrected chi connectivity index (χ3v) is 7.10. The van der Waals surface area contributed by atoms with Gasteiger partial charge in [0.1, 0.15) is 0 Å². The van der Waals surface area contributed by atoms with Gasteiger partial charge in [0, 0.05) is 24.9 Å². The molecule has 1 aliphatic heterocycles. The number of ether oxygens (including phenoxy) is 1. The molecule has 0 saturated heterocycles. The molecule has 2 aliphatic carbocycles. The zero-order chi connectivity index (χ0) is 19.1. The minimum Gasteiger partial charge on any atom is -0.383 e. The van der Waals surface area contributed by atoms with Crippen LogP contribution in [0.2, 0.25) is 0 Å². The molecule has 0 radical (unpaired) electrons. The van der Waals surface area contributed by atoms with Crippen molar-refractivity contribution >= 4 is 11.6 Å². The van der Waals surface area contributed by atoms with Gasteiger partial charge < -0.3 is 15.4 Å². The van der Waals surface area contributed by atoms with Gasteiger partial charge in [-0.25, -0.2) is 0 Å². The molecule has 0 spiro atoms. The summed E-state index contributed by atoms with van der Waals surface area (Å²) in [6.07, 6.45) is 4.02. The fourth-order valence-corrected chi connectivity index (χ4v) is 5.99. The molecule has 3 aliphatic rings. The molecule has 0 unspecified atom stereocenters. The van der Waals surface area contributed by atoms with Gasteiger partial charge in [0.05, 0.1) is 12.6 Å². The Balaban J connectivity index is 1.49. The smallest absolute Gasteiger partial charge is 0.251 e. The van der Waals surface area contributed by atoms with Gasteiger partial charge in [0.25, 0.3) is 5.91 Å². The Morgan fingerprint density at radius 1 is 1.14 bits per heavy atom. The van der Waals surface area contributed by atoms with Crippen molar-refractivity contribution in [1.82, 2.24) is 5.32 Å². The van der Waals surface area contributed by atoms with E-state index in [1.165, 1.54) is 36.1 Å². The van der Waals surface area contributed by atoms with Crippen molar-refractivity contribution in [3.63, 3.8) is 0 Å². The highest BCUT2D eigenvalue weighted by Gasteiger charge is 2.53. The lowest BCUT2D eigenvalue weighted by Gasteiger charge is -2.43. The second kappa shape index (κ2) is 7.25. The van der Waals surface area contributed by atoms with Crippen molar-refractivity contribution in [2.45, 2.75) is 31.2 Å². The van der Waals surface area contributed by atoms with Gasteiger partial charge in [-0.05, 0) is 72.3 Å². The van der Waals surface area contributed by atoms with Gasteiger partial charge in [-0.15, -0.1) is 0 Å². The Hall–Kier alpha value is -2.33. The molecule has 4 heteroatoms. The molecule has 1 amide bonds. The van der Waals surface area contributed by atoms with Crippen LogP contribution in [0.15, 0.2) is 48.5 Å². The highest BCUT2D eigenvalue weighted by Crippen LogP contribution is 2.63. The van der Waals surface area contributed by atoms with Crippen molar-refractivity contribution in [2.75, 3.05) is 25.6 Å². The van der Waals surface area contributed by atoms with E-state index in [0.717, 1.165) is 17.4 Å². The van der Waals surface area contributed by atoms with Crippen LogP contribution in [0, 0.1) is 17.8 Å². The number of anilines is 1. The zero-order valence-corrected chi connectivity index (χ0v) is 16.4. The highest BCUT2D eigenvalue weighted by atomic mass is 16.5. The first-order chi connectivity index (χ1) is 13.8. The number of carbonyl (C=O) groups excluding carboxylic acids is 1. The maximum absolute atomic E-state index is 12.6. The predicted octanol–water partition coefficient (Wildman–Crippen LogP) is 4.36. The summed E-state index contributed by atoms with van der Waals surface area (Å²) in [6, 6.07) is 17.5. The number of benzene rings is 2. The molecule has 2 aromatic carbocycles. The first kappa shape index (κ1) is 17.7. The molecule has 5 rings (SSSR count). The van der Waals surface area contributed by atoms with Gasteiger partial charge in [0.2, 0.25) is 0 Å². The number of hydrogen-bond acceptors (Lipinski definition) is 3. The fraction of sp³-hybridized carbons (Fsp3) is 0.458. The largest absolute Gasteiger partial charge is 0.383 e. The Morgan fingerprint density at radius 2 is 1.96 bits per heavy atom. The normalized spacial score (nSPS) is 29.7. The number of rotatable bonds is 5. The van der Waals surface area contributed by atoms with Crippen molar-refractivity contribution in [3.05, 3.63) is 65.2 Å². The molecule has 2 N–H and O–H groups in total. The number of fused-ring (bicyclic) bond motifs is 7. The molecule has 146 valence electrons. The average molecular weight is 377 g/mol. The van der Waals surface area contributed by atoms with E-state index in [0.29, 0.717) is 31.0 Å². The Morgan fingerprint density at radius 3 is 2.79 bits per heavy atom. The highest BCUT2D eigenvalue weighted by molar-refractivity contribution is 5.95. The quantitative estimate of drug-likeness (QED) is 0.763. The molecule has 1 heterocycles. The monoisotopic (exact) mass is 376 g/mol. The summed E-state index contributed by atoms with van der Waals surface area (Å²) in [7, 11) is 1.65. The lowest BCUT2D eigenvalue weighted by atomic mass is 9.68. The maximum Gasteiger partial charge on any atom is 0.251 e. The van der Waals surface area contributed by atoms with E-state index in [2.05, 4.69) is 53.1 Å². The van der Waals surface area contributed by atoms with Crippen molar-refractivity contribution in [1.29, 1.82) is 0 Å². The standard InChI is InChI=1S/C24H28N2O2/c1-28-12-11-25-24(27)18-9-10-20-19(14-18)21-16-7-8-17(13-16)22(21)23(26-20)15-5-3-2-4-6-15/h2-6,9-10,14,16-17,21-23,26H,7-8,11-13H2,1H3,(H,25,27)/t16-,17-,21-,22+,23-/m0/s1. The predicted molar refractivity (Wildman–Crippen MR) is 111 cm³/mol. The SMILES string of the molecule is COCCNC(=O)c1ccc2c(c1)[C@@H]1[C@H]3CC[C@@H](C3)[C@H]1[C@H](c1ccccc1)N2. The fourth-order valence-electron chi connectivity index (χ4n) is 5.99. The summed E-state index contributed by atoms with van der Waals surface area (Å²) in [5.74, 6) is 2.73. The molecule has 4 nitrogen and oxygen atoms in total. The van der Waals surface area contributed by atoms with Gasteiger partial charge in [-0.3, -0.25) is 4.79 Å². The van der Waals surface area contributed by atoms with Crippen LogP contribution in [0.5, 0.6) is 0 Å². The second-order valence-electron chi connectivity index (χ2n) is 8.52. The van der Waals surface area contributed by atoms with Crippen molar-refractivity contribution < 1.29 is 9.53 Å². The molecule has 28 heavy (non-hydrogen) atoms. The van der Waals surface area contributed by atoms with Gasteiger partial charge in [0.15, 0.2) is 0 Å². The molecule has 2 aromatic rings. The van der Waals surface area contributed by atoms with Crippen LogP contribution < -0.4 is 10.6 Å². The molecule has 2 saturated carbocycles. The topological polar surface area (TPSA) is 50.4 Å². The van der Waals surface area contributed by atoms with Crippen LogP contribution in [0.1, 0.15) is 52.7 Å². The van der Waals surface area contributed by atoms with Crippen LogP contribution in [-0.4, -0.2) is 26.2 Å². The minimum atomic E-state index is -0.00950. The van der Waals surface area contributed by atoms with Crippen LogP contribution in [0.3, 0.4) is 0 Å². The summed E-state index contributed by atoms with van der Waals surface area (Å²) in [6.45, 7) is 1.07. The van der Waals surface area contributed by atoms with Crippen LogP contribution in [0.4, 0.5) is 5.69 Å². The Labute approximate surface area is 166 Å². The first-order valence-corrected chi connectivity index (χ1v) is 10.5. The summed E-state index contributed by atoms with van der Waals surface area (Å²) >= 11 is 0. The number of nitrogens with one attached hydrogen (secondary N) is 2. The van der Waals surface area contributed by atoms with Crippen LogP contribution >= 0.6 is 0 Å². The summed E-state index contributed by atoms with van der Waals surface area (Å²) < 4.78 is 5.04. The number of methoxy groups -OCH3 is 1.